The number of rotatable bonds is 8. The van der Waals surface area contributed by atoms with Gasteiger partial charge in [0.25, 0.3) is 11.6 Å². The molecule has 3 aromatic rings. The highest BCUT2D eigenvalue weighted by molar-refractivity contribution is 6.33. The third-order valence-corrected chi connectivity index (χ3v) is 5.46. The summed E-state index contributed by atoms with van der Waals surface area (Å²) in [6.45, 7) is 3.28. The fourth-order valence-corrected chi connectivity index (χ4v) is 3.58. The first-order chi connectivity index (χ1) is 16.2. The molecule has 0 aliphatic rings. The van der Waals surface area contributed by atoms with Gasteiger partial charge < -0.3 is 10.1 Å². The van der Waals surface area contributed by atoms with E-state index in [0.717, 1.165) is 23.6 Å². The van der Waals surface area contributed by atoms with Crippen molar-refractivity contribution in [1.29, 1.82) is 0 Å². The lowest BCUT2D eigenvalue weighted by atomic mass is 9.98. The zero-order valence-corrected chi connectivity index (χ0v) is 19.2. The minimum absolute atomic E-state index is 0.0132. The van der Waals surface area contributed by atoms with E-state index in [9.17, 15) is 24.5 Å². The topological polar surface area (TPSA) is 116 Å². The molecule has 8 nitrogen and oxygen atoms in total. The number of para-hydroxylation sites is 1. The van der Waals surface area contributed by atoms with Crippen molar-refractivity contribution in [2.75, 3.05) is 11.9 Å². The van der Waals surface area contributed by atoms with E-state index in [0.29, 0.717) is 5.69 Å². The van der Waals surface area contributed by atoms with Crippen LogP contribution in [0.2, 0.25) is 5.02 Å². The van der Waals surface area contributed by atoms with Gasteiger partial charge in [-0.05, 0) is 42.7 Å². The van der Waals surface area contributed by atoms with E-state index in [1.165, 1.54) is 24.3 Å². The van der Waals surface area contributed by atoms with Crippen LogP contribution in [-0.2, 0) is 16.0 Å². The lowest BCUT2D eigenvalue weighted by Crippen LogP contribution is -2.23. The normalized spacial score (nSPS) is 10.4. The van der Waals surface area contributed by atoms with Gasteiger partial charge in [0.2, 0.25) is 0 Å². The molecule has 0 unspecified atom stereocenters. The van der Waals surface area contributed by atoms with Crippen molar-refractivity contribution in [2.24, 2.45) is 0 Å². The monoisotopic (exact) mass is 480 g/mol. The summed E-state index contributed by atoms with van der Waals surface area (Å²) in [6.07, 6.45) is 0.718. The second-order valence-corrected chi connectivity index (χ2v) is 7.79. The molecule has 3 rings (SSSR count). The van der Waals surface area contributed by atoms with E-state index < -0.39 is 34.9 Å². The average Bonchev–Trinajstić information content (AvgIpc) is 2.83. The van der Waals surface area contributed by atoms with E-state index >= 15 is 0 Å². The Morgan fingerprint density at radius 1 is 1.03 bits per heavy atom. The number of hydrogen-bond donors (Lipinski definition) is 1. The predicted molar refractivity (Wildman–Crippen MR) is 127 cm³/mol. The molecular formula is C25H21ClN2O6. The summed E-state index contributed by atoms with van der Waals surface area (Å²) < 4.78 is 5.15. The molecule has 0 aliphatic heterocycles. The molecule has 0 heterocycles. The first-order valence-electron chi connectivity index (χ1n) is 10.4. The SMILES string of the molecule is CCc1cccc(C)c1NC(=O)COC(=O)c1ccccc1C(=O)c1ccc(Cl)c([N+](=O)[O-])c1. The number of nitro groups is 1. The number of nitro benzene ring substituents is 1. The third-order valence-electron chi connectivity index (χ3n) is 5.14. The van der Waals surface area contributed by atoms with Gasteiger partial charge in [-0.3, -0.25) is 19.7 Å². The summed E-state index contributed by atoms with van der Waals surface area (Å²) in [6, 6.07) is 15.2. The number of anilines is 1. The molecule has 34 heavy (non-hydrogen) atoms. The quantitative estimate of drug-likeness (QED) is 0.206. The van der Waals surface area contributed by atoms with Crippen molar-refractivity contribution in [3.05, 3.63) is 104 Å². The Kier molecular flexibility index (Phi) is 7.75. The lowest BCUT2D eigenvalue weighted by Gasteiger charge is -2.13. The maximum atomic E-state index is 13.0. The first kappa shape index (κ1) is 24.6. The van der Waals surface area contributed by atoms with Crippen LogP contribution in [0.5, 0.6) is 0 Å². The van der Waals surface area contributed by atoms with Crippen LogP contribution < -0.4 is 5.32 Å². The molecular weight excluding hydrogens is 460 g/mol. The van der Waals surface area contributed by atoms with Gasteiger partial charge in [-0.15, -0.1) is 0 Å². The number of benzene rings is 3. The minimum Gasteiger partial charge on any atom is -0.452 e. The molecule has 0 atom stereocenters. The van der Waals surface area contributed by atoms with E-state index in [1.807, 2.05) is 32.0 Å². The Labute approximate surface area is 200 Å². The number of hydrogen-bond acceptors (Lipinski definition) is 6. The second kappa shape index (κ2) is 10.7. The fourth-order valence-electron chi connectivity index (χ4n) is 3.39. The first-order valence-corrected chi connectivity index (χ1v) is 10.7. The number of nitrogens with one attached hydrogen (secondary N) is 1. The number of ether oxygens (including phenoxy) is 1. The van der Waals surface area contributed by atoms with Gasteiger partial charge in [0.15, 0.2) is 12.4 Å². The van der Waals surface area contributed by atoms with Crippen LogP contribution in [0.15, 0.2) is 60.7 Å². The Bertz CT molecular complexity index is 1290. The molecule has 0 spiro atoms. The van der Waals surface area contributed by atoms with Crippen LogP contribution in [0.3, 0.4) is 0 Å². The number of esters is 1. The highest BCUT2D eigenvalue weighted by Crippen LogP contribution is 2.27. The van der Waals surface area contributed by atoms with Crippen LogP contribution in [-0.4, -0.2) is 29.2 Å². The van der Waals surface area contributed by atoms with Crippen molar-refractivity contribution >= 4 is 40.6 Å². The molecule has 1 N–H and O–H groups in total. The van der Waals surface area contributed by atoms with Crippen molar-refractivity contribution < 1.29 is 24.0 Å². The fraction of sp³-hybridized carbons (Fsp3) is 0.160. The summed E-state index contributed by atoms with van der Waals surface area (Å²) in [5.41, 5.74) is 1.98. The summed E-state index contributed by atoms with van der Waals surface area (Å²) in [7, 11) is 0. The highest BCUT2D eigenvalue weighted by atomic mass is 35.5. The van der Waals surface area contributed by atoms with Crippen LogP contribution in [0.4, 0.5) is 11.4 Å². The molecule has 0 radical (unpaired) electrons. The van der Waals surface area contributed by atoms with E-state index in [2.05, 4.69) is 5.32 Å². The molecule has 0 fully saturated rings. The summed E-state index contributed by atoms with van der Waals surface area (Å²) >= 11 is 5.82. The zero-order valence-electron chi connectivity index (χ0n) is 18.5. The van der Waals surface area contributed by atoms with E-state index in [-0.39, 0.29) is 21.7 Å². The molecule has 174 valence electrons. The molecule has 0 saturated heterocycles. The molecule has 0 aromatic heterocycles. The number of carbonyl (C=O) groups is 3. The number of aryl methyl sites for hydroxylation is 2. The second-order valence-electron chi connectivity index (χ2n) is 7.38. The molecule has 9 heteroatoms. The molecule has 3 aromatic carbocycles. The van der Waals surface area contributed by atoms with Crippen molar-refractivity contribution in [2.45, 2.75) is 20.3 Å². The molecule has 0 bridgehead atoms. The van der Waals surface area contributed by atoms with E-state index in [4.69, 9.17) is 16.3 Å². The Hall–Kier alpha value is -4.04. The summed E-state index contributed by atoms with van der Waals surface area (Å²) in [5, 5.41) is 13.8. The van der Waals surface area contributed by atoms with Gasteiger partial charge in [-0.1, -0.05) is 54.9 Å². The van der Waals surface area contributed by atoms with Gasteiger partial charge in [-0.2, -0.15) is 0 Å². The van der Waals surface area contributed by atoms with Gasteiger partial charge in [0.05, 0.1) is 10.5 Å². The molecule has 0 aliphatic carbocycles. The smallest absolute Gasteiger partial charge is 0.339 e. The maximum absolute atomic E-state index is 13.0. The number of amides is 1. The van der Waals surface area contributed by atoms with E-state index in [1.54, 1.807) is 12.1 Å². The van der Waals surface area contributed by atoms with Crippen LogP contribution in [0.25, 0.3) is 0 Å². The Balaban J connectivity index is 1.76. The Morgan fingerprint density at radius 2 is 1.74 bits per heavy atom. The largest absolute Gasteiger partial charge is 0.452 e. The number of halogens is 1. The third kappa shape index (κ3) is 5.47. The Morgan fingerprint density at radius 3 is 2.41 bits per heavy atom. The predicted octanol–water partition coefficient (Wildman–Crippen LogP) is 5.15. The standard InChI is InChI=1S/C25H21ClN2O6/c1-3-16-8-6-7-15(2)23(16)27-22(29)14-34-25(31)19-10-5-4-9-18(19)24(30)17-11-12-20(26)21(13-17)28(32)33/h4-13H,3,14H2,1-2H3,(H,27,29). The number of ketones is 1. The van der Waals surface area contributed by atoms with Gasteiger partial charge in [0.1, 0.15) is 5.02 Å². The molecule has 1 amide bonds. The van der Waals surface area contributed by atoms with Gasteiger partial charge in [0, 0.05) is 22.9 Å². The highest BCUT2D eigenvalue weighted by Gasteiger charge is 2.23. The van der Waals surface area contributed by atoms with Crippen LogP contribution in [0, 0.1) is 17.0 Å². The van der Waals surface area contributed by atoms with Crippen molar-refractivity contribution in [3.8, 4) is 0 Å². The average molecular weight is 481 g/mol. The summed E-state index contributed by atoms with van der Waals surface area (Å²) in [4.78, 5) is 48.5. The van der Waals surface area contributed by atoms with Gasteiger partial charge >= 0.3 is 5.97 Å². The van der Waals surface area contributed by atoms with Crippen molar-refractivity contribution in [3.63, 3.8) is 0 Å². The number of carbonyl (C=O) groups excluding carboxylic acids is 3. The van der Waals surface area contributed by atoms with Gasteiger partial charge in [-0.25, -0.2) is 4.79 Å². The van der Waals surface area contributed by atoms with Crippen LogP contribution >= 0.6 is 11.6 Å². The lowest BCUT2D eigenvalue weighted by molar-refractivity contribution is -0.384. The zero-order chi connectivity index (χ0) is 24.8. The number of nitrogens with zero attached hydrogens (tertiary/aromatic N) is 1. The maximum Gasteiger partial charge on any atom is 0.339 e. The summed E-state index contributed by atoms with van der Waals surface area (Å²) in [5.74, 6) is -2.01. The van der Waals surface area contributed by atoms with Crippen molar-refractivity contribution in [1.82, 2.24) is 0 Å². The molecule has 0 saturated carbocycles. The van der Waals surface area contributed by atoms with Crippen LogP contribution in [0.1, 0.15) is 44.3 Å². The minimum atomic E-state index is -0.872.